The molecule has 0 aromatic heterocycles. The number of benzene rings is 3. The third kappa shape index (κ3) is 4.68. The zero-order valence-electron chi connectivity index (χ0n) is 15.4. The number of nitrogens with zero attached hydrogens (tertiary/aromatic N) is 1. The Kier molecular flexibility index (Phi) is 5.66. The Hall–Kier alpha value is -3.07. The van der Waals surface area contributed by atoms with Gasteiger partial charge in [0, 0.05) is 33.3 Å². The number of nitrogens with one attached hydrogen (secondary N) is 1. The van der Waals surface area contributed by atoms with Crippen molar-refractivity contribution in [3.8, 4) is 0 Å². The molecular formula is C23H18ClN2O2P. The molecular weight excluding hydrogens is 403 g/mol. The van der Waals surface area contributed by atoms with Crippen LogP contribution in [0.3, 0.4) is 0 Å². The standard InChI is InChI=1S/C23H18ClN2O2P/c24-21-14-8-7-13-20(21)15-25-26-29(27)16-22(18-9-3-1-4-10-18)28-23(17-29)19-11-5-2-6-12-19/h1-17H,(H,26,27)/b25-15-. The van der Waals surface area contributed by atoms with Crippen LogP contribution >= 0.6 is 18.9 Å². The number of rotatable bonds is 5. The summed E-state index contributed by atoms with van der Waals surface area (Å²) in [6.07, 6.45) is 1.56. The molecule has 1 heterocycles. The summed E-state index contributed by atoms with van der Waals surface area (Å²) < 4.78 is 19.7. The summed E-state index contributed by atoms with van der Waals surface area (Å²) in [5.74, 6) is 4.24. The second-order valence-corrected chi connectivity index (χ2v) is 8.95. The van der Waals surface area contributed by atoms with E-state index in [4.69, 9.17) is 16.3 Å². The third-order valence-electron chi connectivity index (χ3n) is 4.28. The molecule has 0 radical (unpaired) electrons. The van der Waals surface area contributed by atoms with E-state index in [1.54, 1.807) is 23.9 Å². The maximum absolute atomic E-state index is 13.6. The van der Waals surface area contributed by atoms with Gasteiger partial charge >= 0.3 is 0 Å². The van der Waals surface area contributed by atoms with E-state index < -0.39 is 7.29 Å². The van der Waals surface area contributed by atoms with Crippen LogP contribution in [0, 0.1) is 0 Å². The fourth-order valence-corrected chi connectivity index (χ4v) is 4.57. The van der Waals surface area contributed by atoms with Crippen molar-refractivity contribution in [2.45, 2.75) is 0 Å². The predicted molar refractivity (Wildman–Crippen MR) is 120 cm³/mol. The van der Waals surface area contributed by atoms with Crippen molar-refractivity contribution >= 4 is 36.6 Å². The van der Waals surface area contributed by atoms with Gasteiger partial charge in [0.1, 0.15) is 11.5 Å². The lowest BCUT2D eigenvalue weighted by molar-refractivity contribution is 0.468. The van der Waals surface area contributed by atoms with Gasteiger partial charge in [0.05, 0.1) is 6.21 Å². The van der Waals surface area contributed by atoms with E-state index in [-0.39, 0.29) is 0 Å². The molecule has 0 bridgehead atoms. The van der Waals surface area contributed by atoms with Crippen LogP contribution in [0.25, 0.3) is 11.5 Å². The van der Waals surface area contributed by atoms with Gasteiger partial charge in [-0.25, -0.2) is 0 Å². The van der Waals surface area contributed by atoms with Crippen molar-refractivity contribution in [2.24, 2.45) is 5.10 Å². The van der Waals surface area contributed by atoms with Gasteiger partial charge in [0.25, 0.3) is 0 Å². The molecule has 0 saturated heterocycles. The van der Waals surface area contributed by atoms with Gasteiger partial charge in [-0.15, -0.1) is 0 Å². The van der Waals surface area contributed by atoms with Crippen molar-refractivity contribution in [1.82, 2.24) is 5.20 Å². The van der Waals surface area contributed by atoms with Gasteiger partial charge < -0.3 is 4.74 Å². The fourth-order valence-electron chi connectivity index (χ4n) is 2.85. The Morgan fingerprint density at radius 2 is 1.31 bits per heavy atom. The normalized spacial score (nSPS) is 15.3. The summed E-state index contributed by atoms with van der Waals surface area (Å²) in [7, 11) is -3.15. The summed E-state index contributed by atoms with van der Waals surface area (Å²) in [6.45, 7) is 0. The molecule has 3 aromatic rings. The number of hydrazone groups is 1. The van der Waals surface area contributed by atoms with Crippen LogP contribution in [0.15, 0.2) is 102 Å². The van der Waals surface area contributed by atoms with E-state index >= 15 is 0 Å². The molecule has 6 heteroatoms. The third-order valence-corrected chi connectivity index (χ3v) is 6.29. The largest absolute Gasteiger partial charge is 0.456 e. The van der Waals surface area contributed by atoms with E-state index in [2.05, 4.69) is 10.3 Å². The number of halogens is 1. The van der Waals surface area contributed by atoms with Gasteiger partial charge in [0.2, 0.25) is 7.29 Å². The van der Waals surface area contributed by atoms with Gasteiger partial charge in [-0.05, 0) is 6.07 Å². The molecule has 1 aliphatic heterocycles. The number of hydrogen-bond donors (Lipinski definition) is 1. The first-order valence-corrected chi connectivity index (χ1v) is 11.2. The van der Waals surface area contributed by atoms with Gasteiger partial charge in [-0.2, -0.15) is 5.10 Å². The second-order valence-electron chi connectivity index (χ2n) is 6.41. The highest BCUT2D eigenvalue weighted by Crippen LogP contribution is 2.53. The SMILES string of the molecule is O=P1(N/N=C\c2ccccc2Cl)C=C(c2ccccc2)OC(c2ccccc2)=C1. The first-order valence-electron chi connectivity index (χ1n) is 9.02. The van der Waals surface area contributed by atoms with Crippen molar-refractivity contribution in [3.63, 3.8) is 0 Å². The molecule has 29 heavy (non-hydrogen) atoms. The van der Waals surface area contributed by atoms with Gasteiger partial charge in [0.15, 0.2) is 0 Å². The lowest BCUT2D eigenvalue weighted by Gasteiger charge is -2.22. The van der Waals surface area contributed by atoms with Gasteiger partial charge in [-0.3, -0.25) is 9.76 Å². The van der Waals surface area contributed by atoms with E-state index in [9.17, 15) is 4.57 Å². The Balaban J connectivity index is 1.68. The molecule has 0 spiro atoms. The maximum Gasteiger partial charge on any atom is 0.235 e. The Morgan fingerprint density at radius 3 is 1.86 bits per heavy atom. The highest BCUT2D eigenvalue weighted by molar-refractivity contribution is 7.68. The van der Waals surface area contributed by atoms with E-state index in [1.165, 1.54) is 0 Å². The first kappa shape index (κ1) is 19.3. The van der Waals surface area contributed by atoms with Crippen molar-refractivity contribution in [2.75, 3.05) is 0 Å². The van der Waals surface area contributed by atoms with E-state index in [0.29, 0.717) is 16.5 Å². The maximum atomic E-state index is 13.6. The smallest absolute Gasteiger partial charge is 0.235 e. The highest BCUT2D eigenvalue weighted by atomic mass is 35.5. The Bertz CT molecular complexity index is 1080. The topological polar surface area (TPSA) is 50.7 Å². The van der Waals surface area contributed by atoms with Gasteiger partial charge in [-0.1, -0.05) is 90.5 Å². The van der Waals surface area contributed by atoms with Crippen LogP contribution in [0.5, 0.6) is 0 Å². The van der Waals surface area contributed by atoms with E-state index in [1.807, 2.05) is 78.9 Å². The Morgan fingerprint density at radius 1 is 0.793 bits per heavy atom. The second kappa shape index (κ2) is 8.52. The summed E-state index contributed by atoms with van der Waals surface area (Å²) in [6, 6.07) is 26.5. The number of hydrogen-bond acceptors (Lipinski definition) is 3. The molecule has 1 aliphatic rings. The summed E-state index contributed by atoms with van der Waals surface area (Å²) >= 11 is 6.15. The minimum atomic E-state index is -3.15. The molecule has 144 valence electrons. The molecule has 0 amide bonds. The molecule has 4 nitrogen and oxygen atoms in total. The van der Waals surface area contributed by atoms with Crippen LogP contribution in [0.1, 0.15) is 16.7 Å². The van der Waals surface area contributed by atoms with Crippen LogP contribution in [-0.2, 0) is 9.30 Å². The minimum Gasteiger partial charge on any atom is -0.456 e. The lowest BCUT2D eigenvalue weighted by Crippen LogP contribution is -2.06. The molecule has 4 rings (SSSR count). The van der Waals surface area contributed by atoms with Crippen LogP contribution < -0.4 is 5.20 Å². The van der Waals surface area contributed by atoms with Crippen molar-refractivity contribution in [1.29, 1.82) is 0 Å². The lowest BCUT2D eigenvalue weighted by atomic mass is 10.2. The average molecular weight is 421 g/mol. The number of ether oxygens (including phenoxy) is 1. The summed E-state index contributed by atoms with van der Waals surface area (Å²) in [5, 5.41) is 7.57. The highest BCUT2D eigenvalue weighted by Gasteiger charge is 2.26. The molecule has 1 N–H and O–H groups in total. The van der Waals surface area contributed by atoms with Crippen LogP contribution in [0.4, 0.5) is 0 Å². The van der Waals surface area contributed by atoms with E-state index in [0.717, 1.165) is 16.7 Å². The van der Waals surface area contributed by atoms with Crippen molar-refractivity contribution < 1.29 is 9.30 Å². The first-order chi connectivity index (χ1) is 14.1. The monoisotopic (exact) mass is 420 g/mol. The molecule has 3 aromatic carbocycles. The van der Waals surface area contributed by atoms with Crippen LogP contribution in [0.2, 0.25) is 5.02 Å². The zero-order valence-corrected chi connectivity index (χ0v) is 17.1. The Labute approximate surface area is 174 Å². The van der Waals surface area contributed by atoms with Crippen molar-refractivity contribution in [3.05, 3.63) is 118 Å². The minimum absolute atomic E-state index is 0.524. The molecule has 0 fully saturated rings. The quantitative estimate of drug-likeness (QED) is 0.288. The van der Waals surface area contributed by atoms with Crippen LogP contribution in [-0.4, -0.2) is 6.21 Å². The summed E-state index contributed by atoms with van der Waals surface area (Å²) in [5.41, 5.74) is 2.42. The predicted octanol–water partition coefficient (Wildman–Crippen LogP) is 6.57. The zero-order chi connectivity index (χ0) is 20.1. The summed E-state index contributed by atoms with van der Waals surface area (Å²) in [4.78, 5) is 0. The molecule has 0 unspecified atom stereocenters. The molecule has 0 aliphatic carbocycles. The average Bonchev–Trinajstić information content (AvgIpc) is 2.76. The molecule has 0 saturated carbocycles. The fraction of sp³-hybridized carbons (Fsp3) is 0. The molecule has 0 atom stereocenters.